The van der Waals surface area contributed by atoms with E-state index in [1.165, 1.54) is 13.2 Å². The van der Waals surface area contributed by atoms with Gasteiger partial charge in [0.15, 0.2) is 0 Å². The number of carbonyl (C=O) groups is 1. The van der Waals surface area contributed by atoms with Gasteiger partial charge in [-0.1, -0.05) is 0 Å². The Bertz CT molecular complexity index is 357. The van der Waals surface area contributed by atoms with Crippen LogP contribution in [0.25, 0.3) is 6.08 Å². The summed E-state index contributed by atoms with van der Waals surface area (Å²) in [7, 11) is 5.05. The van der Waals surface area contributed by atoms with Crippen LogP contribution in [-0.2, 0) is 9.53 Å². The number of esters is 1. The standard InChI is InChI=1S/C10H13N3O2/c1-13(2)10-11-6-8(7-12-10)4-5-9(14)15-3/h4-7H,1-3H3. The molecule has 0 unspecified atom stereocenters. The molecule has 0 bridgehead atoms. The van der Waals surface area contributed by atoms with Gasteiger partial charge in [0.05, 0.1) is 7.11 Å². The van der Waals surface area contributed by atoms with E-state index < -0.39 is 5.97 Å². The highest BCUT2D eigenvalue weighted by molar-refractivity contribution is 5.86. The van der Waals surface area contributed by atoms with Gasteiger partial charge in [0.2, 0.25) is 5.95 Å². The fourth-order valence-electron chi connectivity index (χ4n) is 0.881. The Kier molecular flexibility index (Phi) is 3.79. The zero-order valence-electron chi connectivity index (χ0n) is 8.97. The third-order valence-electron chi connectivity index (χ3n) is 1.67. The van der Waals surface area contributed by atoms with Crippen LogP contribution in [0.5, 0.6) is 0 Å². The zero-order chi connectivity index (χ0) is 11.3. The first-order chi connectivity index (χ1) is 7.13. The minimum atomic E-state index is -0.397. The topological polar surface area (TPSA) is 55.3 Å². The predicted molar refractivity (Wildman–Crippen MR) is 57.4 cm³/mol. The van der Waals surface area contributed by atoms with Gasteiger partial charge >= 0.3 is 5.97 Å². The Balaban J connectivity index is 2.72. The highest BCUT2D eigenvalue weighted by atomic mass is 16.5. The molecule has 0 N–H and O–H groups in total. The molecular formula is C10H13N3O2. The van der Waals surface area contributed by atoms with Gasteiger partial charge in [0.1, 0.15) is 0 Å². The van der Waals surface area contributed by atoms with Crippen LogP contribution in [0.4, 0.5) is 5.95 Å². The number of hydrogen-bond donors (Lipinski definition) is 0. The minimum Gasteiger partial charge on any atom is -0.466 e. The third kappa shape index (κ3) is 3.38. The molecule has 5 nitrogen and oxygen atoms in total. The molecule has 0 saturated carbocycles. The van der Waals surface area contributed by atoms with Crippen LogP contribution in [0, 0.1) is 0 Å². The van der Waals surface area contributed by atoms with Crippen LogP contribution < -0.4 is 4.90 Å². The highest BCUT2D eigenvalue weighted by Gasteiger charge is 1.97. The van der Waals surface area contributed by atoms with Crippen molar-refractivity contribution < 1.29 is 9.53 Å². The van der Waals surface area contributed by atoms with Crippen molar-refractivity contribution in [2.75, 3.05) is 26.1 Å². The summed E-state index contributed by atoms with van der Waals surface area (Å²) in [6.45, 7) is 0. The van der Waals surface area contributed by atoms with Crippen molar-refractivity contribution in [1.82, 2.24) is 9.97 Å². The summed E-state index contributed by atoms with van der Waals surface area (Å²) < 4.78 is 4.46. The molecule has 0 aliphatic heterocycles. The number of methoxy groups -OCH3 is 1. The van der Waals surface area contributed by atoms with Gasteiger partial charge in [0.25, 0.3) is 0 Å². The Labute approximate surface area is 88.4 Å². The van der Waals surface area contributed by atoms with E-state index >= 15 is 0 Å². The second-order valence-electron chi connectivity index (χ2n) is 3.07. The van der Waals surface area contributed by atoms with Gasteiger partial charge in [-0.25, -0.2) is 14.8 Å². The molecule has 1 aromatic heterocycles. The molecular weight excluding hydrogens is 194 g/mol. The first kappa shape index (κ1) is 11.2. The van der Waals surface area contributed by atoms with Crippen molar-refractivity contribution in [3.63, 3.8) is 0 Å². The van der Waals surface area contributed by atoms with E-state index in [0.29, 0.717) is 5.95 Å². The summed E-state index contributed by atoms with van der Waals surface area (Å²) in [5, 5.41) is 0. The molecule has 0 radical (unpaired) electrons. The Morgan fingerprint density at radius 3 is 2.47 bits per heavy atom. The van der Waals surface area contributed by atoms with Crippen LogP contribution in [0.1, 0.15) is 5.56 Å². The van der Waals surface area contributed by atoms with Gasteiger partial charge in [-0.05, 0) is 6.08 Å². The van der Waals surface area contributed by atoms with Gasteiger partial charge in [0, 0.05) is 38.1 Å². The molecule has 0 spiro atoms. The predicted octanol–water partition coefficient (Wildman–Crippen LogP) is 0.729. The van der Waals surface area contributed by atoms with E-state index in [1.54, 1.807) is 23.4 Å². The van der Waals surface area contributed by atoms with E-state index in [-0.39, 0.29) is 0 Å². The summed E-state index contributed by atoms with van der Waals surface area (Å²) >= 11 is 0. The number of carbonyl (C=O) groups excluding carboxylic acids is 1. The number of rotatable bonds is 3. The zero-order valence-corrected chi connectivity index (χ0v) is 8.97. The summed E-state index contributed by atoms with van der Waals surface area (Å²) in [5.74, 6) is 0.233. The van der Waals surface area contributed by atoms with E-state index in [1.807, 2.05) is 14.1 Å². The van der Waals surface area contributed by atoms with Crippen molar-refractivity contribution >= 4 is 18.0 Å². The normalized spacial score (nSPS) is 10.3. The fraction of sp³-hybridized carbons (Fsp3) is 0.300. The van der Waals surface area contributed by atoms with E-state index in [9.17, 15) is 4.79 Å². The largest absolute Gasteiger partial charge is 0.466 e. The second kappa shape index (κ2) is 5.09. The lowest BCUT2D eigenvalue weighted by molar-refractivity contribution is -0.134. The second-order valence-corrected chi connectivity index (χ2v) is 3.07. The molecule has 0 aromatic carbocycles. The maximum atomic E-state index is 10.8. The molecule has 80 valence electrons. The molecule has 0 aliphatic rings. The number of hydrogen-bond acceptors (Lipinski definition) is 5. The van der Waals surface area contributed by atoms with Crippen molar-refractivity contribution in [2.24, 2.45) is 0 Å². The van der Waals surface area contributed by atoms with Crippen LogP contribution in [0.2, 0.25) is 0 Å². The maximum absolute atomic E-state index is 10.8. The number of aromatic nitrogens is 2. The SMILES string of the molecule is COC(=O)C=Cc1cnc(N(C)C)nc1. The fourth-order valence-corrected chi connectivity index (χ4v) is 0.881. The lowest BCUT2D eigenvalue weighted by atomic mass is 10.3. The molecule has 0 amide bonds. The molecule has 1 aromatic rings. The quantitative estimate of drug-likeness (QED) is 0.540. The molecule has 0 fully saturated rings. The minimum absolute atomic E-state index is 0.397. The smallest absolute Gasteiger partial charge is 0.330 e. The Hall–Kier alpha value is -1.91. The third-order valence-corrected chi connectivity index (χ3v) is 1.67. The van der Waals surface area contributed by atoms with Gasteiger partial charge < -0.3 is 9.64 Å². The summed E-state index contributed by atoms with van der Waals surface area (Å²) in [6, 6.07) is 0. The number of ether oxygens (including phenoxy) is 1. The first-order valence-electron chi connectivity index (χ1n) is 4.39. The van der Waals surface area contributed by atoms with Gasteiger partial charge in [-0.3, -0.25) is 0 Å². The number of nitrogens with zero attached hydrogens (tertiary/aromatic N) is 3. The molecule has 5 heteroatoms. The lowest BCUT2D eigenvalue weighted by Crippen LogP contribution is -2.12. The van der Waals surface area contributed by atoms with Crippen molar-refractivity contribution in [3.05, 3.63) is 24.0 Å². The summed E-state index contributed by atoms with van der Waals surface area (Å²) in [4.78, 5) is 20.8. The monoisotopic (exact) mass is 207 g/mol. The average Bonchev–Trinajstić information content (AvgIpc) is 2.26. The van der Waals surface area contributed by atoms with Crippen LogP contribution in [-0.4, -0.2) is 37.1 Å². The molecule has 1 rings (SSSR count). The molecule has 0 atom stereocenters. The highest BCUT2D eigenvalue weighted by Crippen LogP contribution is 2.04. The summed E-state index contributed by atoms with van der Waals surface area (Å²) in [6.07, 6.45) is 6.21. The van der Waals surface area contributed by atoms with Crippen LogP contribution >= 0.6 is 0 Å². The number of anilines is 1. The van der Waals surface area contributed by atoms with Crippen molar-refractivity contribution in [3.8, 4) is 0 Å². The van der Waals surface area contributed by atoms with Crippen molar-refractivity contribution in [2.45, 2.75) is 0 Å². The average molecular weight is 207 g/mol. The summed E-state index contributed by atoms with van der Waals surface area (Å²) in [5.41, 5.74) is 0.756. The molecule has 0 saturated heterocycles. The van der Waals surface area contributed by atoms with Crippen LogP contribution in [0.3, 0.4) is 0 Å². The molecule has 15 heavy (non-hydrogen) atoms. The molecule has 1 heterocycles. The van der Waals surface area contributed by atoms with Gasteiger partial charge in [-0.2, -0.15) is 0 Å². The first-order valence-corrected chi connectivity index (χ1v) is 4.39. The Morgan fingerprint density at radius 2 is 2.00 bits per heavy atom. The van der Waals surface area contributed by atoms with Crippen LogP contribution in [0.15, 0.2) is 18.5 Å². The van der Waals surface area contributed by atoms with Gasteiger partial charge in [-0.15, -0.1) is 0 Å². The molecule has 0 aliphatic carbocycles. The van der Waals surface area contributed by atoms with E-state index in [2.05, 4.69) is 14.7 Å². The maximum Gasteiger partial charge on any atom is 0.330 e. The van der Waals surface area contributed by atoms with Crippen molar-refractivity contribution in [1.29, 1.82) is 0 Å². The Morgan fingerprint density at radius 1 is 1.40 bits per heavy atom. The van der Waals surface area contributed by atoms with E-state index in [0.717, 1.165) is 5.56 Å². The van der Waals surface area contributed by atoms with E-state index in [4.69, 9.17) is 0 Å². The lowest BCUT2D eigenvalue weighted by Gasteiger charge is -2.08.